The number of ether oxygens (including phenoxy) is 1. The molecule has 0 aliphatic carbocycles. The Morgan fingerprint density at radius 2 is 1.92 bits per heavy atom. The molecule has 0 unspecified atom stereocenters. The number of hydrogen-bond donors (Lipinski definition) is 1. The van der Waals surface area contributed by atoms with E-state index < -0.39 is 5.97 Å². The van der Waals surface area contributed by atoms with E-state index in [1.54, 1.807) is 24.3 Å². The Kier molecular flexibility index (Phi) is 3.97. The van der Waals surface area contributed by atoms with Crippen molar-refractivity contribution in [2.75, 3.05) is 12.4 Å². The molecule has 0 aliphatic heterocycles. The van der Waals surface area contributed by atoms with Crippen LogP contribution in [0.1, 0.15) is 16.1 Å². The highest BCUT2D eigenvalue weighted by Crippen LogP contribution is 2.25. The molecule has 0 spiro atoms. The summed E-state index contributed by atoms with van der Waals surface area (Å²) in [4.78, 5) is 21.1. The van der Waals surface area contributed by atoms with Crippen molar-refractivity contribution < 1.29 is 9.53 Å². The number of esters is 1. The molecular formula is C19H15ClN4O2. The lowest BCUT2D eigenvalue weighted by atomic mass is 10.1. The Balaban J connectivity index is 1.91. The summed E-state index contributed by atoms with van der Waals surface area (Å²) in [5.41, 5.74) is 3.58. The Morgan fingerprint density at radius 1 is 1.15 bits per heavy atom. The van der Waals surface area contributed by atoms with E-state index in [1.807, 2.05) is 35.7 Å². The number of nitrogens with one attached hydrogen (secondary N) is 1. The molecule has 0 bridgehead atoms. The maximum Gasteiger partial charge on any atom is 0.337 e. The molecule has 7 heteroatoms. The van der Waals surface area contributed by atoms with Crippen molar-refractivity contribution in [3.05, 3.63) is 64.9 Å². The van der Waals surface area contributed by atoms with Gasteiger partial charge in [0.2, 0.25) is 5.95 Å². The van der Waals surface area contributed by atoms with Gasteiger partial charge in [-0.3, -0.25) is 4.40 Å². The molecule has 0 atom stereocenters. The topological polar surface area (TPSA) is 68.5 Å². The lowest BCUT2D eigenvalue weighted by Crippen LogP contribution is -2.04. The minimum atomic E-state index is -0.402. The van der Waals surface area contributed by atoms with Crippen LogP contribution in [0.2, 0.25) is 5.02 Å². The molecule has 4 aromatic rings. The minimum absolute atomic E-state index is 0.402. The molecule has 0 saturated carbocycles. The number of halogens is 1. The van der Waals surface area contributed by atoms with E-state index in [0.717, 1.165) is 22.4 Å². The first-order chi connectivity index (χ1) is 12.5. The Morgan fingerprint density at radius 3 is 2.65 bits per heavy atom. The molecule has 2 aromatic heterocycles. The second-order valence-electron chi connectivity index (χ2n) is 5.87. The molecule has 2 heterocycles. The van der Waals surface area contributed by atoms with Gasteiger partial charge in [-0.25, -0.2) is 14.8 Å². The first-order valence-electron chi connectivity index (χ1n) is 7.95. The van der Waals surface area contributed by atoms with E-state index in [-0.39, 0.29) is 0 Å². The molecule has 2 aromatic carbocycles. The maximum absolute atomic E-state index is 11.8. The molecule has 0 radical (unpaired) electrons. The van der Waals surface area contributed by atoms with Gasteiger partial charge < -0.3 is 10.1 Å². The first-order valence-corrected chi connectivity index (χ1v) is 8.33. The first kappa shape index (κ1) is 16.4. The smallest absolute Gasteiger partial charge is 0.337 e. The highest BCUT2D eigenvalue weighted by Gasteiger charge is 2.13. The van der Waals surface area contributed by atoms with Gasteiger partial charge in [-0.15, -0.1) is 0 Å². The van der Waals surface area contributed by atoms with Gasteiger partial charge in [0, 0.05) is 22.3 Å². The van der Waals surface area contributed by atoms with Crippen LogP contribution in [-0.2, 0) is 4.74 Å². The highest BCUT2D eigenvalue weighted by molar-refractivity contribution is 6.30. The zero-order valence-electron chi connectivity index (χ0n) is 14.2. The van der Waals surface area contributed by atoms with E-state index in [9.17, 15) is 4.79 Å². The summed E-state index contributed by atoms with van der Waals surface area (Å²) in [5, 5.41) is 4.79. The molecular weight excluding hydrogens is 352 g/mol. The van der Waals surface area contributed by atoms with Crippen LogP contribution in [0.4, 0.5) is 11.6 Å². The zero-order chi connectivity index (χ0) is 18.3. The van der Waals surface area contributed by atoms with Gasteiger partial charge in [-0.1, -0.05) is 11.6 Å². The lowest BCUT2D eigenvalue weighted by molar-refractivity contribution is 0.0601. The van der Waals surface area contributed by atoms with Crippen LogP contribution in [0.5, 0.6) is 0 Å². The van der Waals surface area contributed by atoms with Gasteiger partial charge in [0.25, 0.3) is 0 Å². The molecule has 4 rings (SSSR count). The lowest BCUT2D eigenvalue weighted by Gasteiger charge is -2.11. The normalized spacial score (nSPS) is 11.0. The van der Waals surface area contributed by atoms with Crippen LogP contribution in [0.15, 0.2) is 48.7 Å². The van der Waals surface area contributed by atoms with Crippen LogP contribution < -0.4 is 5.32 Å². The highest BCUT2D eigenvalue weighted by atomic mass is 35.5. The number of methoxy groups -OCH3 is 1. The second kappa shape index (κ2) is 6.31. The summed E-state index contributed by atoms with van der Waals surface area (Å²) in [7, 11) is 1.36. The van der Waals surface area contributed by atoms with E-state index >= 15 is 0 Å². The Bertz CT molecular complexity index is 1140. The number of imidazole rings is 1. The molecule has 0 amide bonds. The van der Waals surface area contributed by atoms with E-state index in [2.05, 4.69) is 15.3 Å². The van der Waals surface area contributed by atoms with Crippen LogP contribution in [0.3, 0.4) is 0 Å². The number of rotatable bonds is 3. The third-order valence-corrected chi connectivity index (χ3v) is 4.29. The number of carbonyl (C=O) groups excluding carboxylic acids is 1. The molecule has 6 nitrogen and oxygen atoms in total. The summed E-state index contributed by atoms with van der Waals surface area (Å²) in [6, 6.07) is 12.6. The van der Waals surface area contributed by atoms with Crippen LogP contribution >= 0.6 is 11.6 Å². The quantitative estimate of drug-likeness (QED) is 0.545. The van der Waals surface area contributed by atoms with Crippen molar-refractivity contribution in [1.82, 2.24) is 14.4 Å². The van der Waals surface area contributed by atoms with Crippen molar-refractivity contribution >= 4 is 45.8 Å². The average molecular weight is 367 g/mol. The Hall–Kier alpha value is -3.12. The number of nitrogens with zero attached hydrogens (tertiary/aromatic N) is 3. The Labute approximate surface area is 154 Å². The van der Waals surface area contributed by atoms with Crippen molar-refractivity contribution in [3.63, 3.8) is 0 Å². The van der Waals surface area contributed by atoms with Gasteiger partial charge >= 0.3 is 5.97 Å². The average Bonchev–Trinajstić information content (AvgIpc) is 3.04. The predicted molar refractivity (Wildman–Crippen MR) is 101 cm³/mol. The fraction of sp³-hybridized carbons (Fsp3) is 0.105. The molecule has 0 aliphatic rings. The number of anilines is 2. The number of aromatic nitrogens is 3. The summed E-state index contributed by atoms with van der Waals surface area (Å²) < 4.78 is 6.69. The standard InChI is InChI=1S/C19H15ClN4O2/c1-11-10-24-17(21-11)15-8-3-12(18(25)26-2)9-16(15)23-19(24)22-14-6-4-13(20)5-7-14/h3-10H,1-2H3,(H,22,23). The number of carbonyl (C=O) groups is 1. The minimum Gasteiger partial charge on any atom is -0.465 e. The molecule has 0 fully saturated rings. The van der Waals surface area contributed by atoms with Crippen LogP contribution in [0, 0.1) is 6.92 Å². The fourth-order valence-electron chi connectivity index (χ4n) is 2.83. The fourth-order valence-corrected chi connectivity index (χ4v) is 2.95. The van der Waals surface area contributed by atoms with Gasteiger partial charge in [-0.05, 0) is 49.4 Å². The summed E-state index contributed by atoms with van der Waals surface area (Å²) in [6.07, 6.45) is 1.91. The summed E-state index contributed by atoms with van der Waals surface area (Å²) in [6.45, 7) is 1.92. The van der Waals surface area contributed by atoms with Crippen molar-refractivity contribution in [2.24, 2.45) is 0 Å². The third-order valence-electron chi connectivity index (χ3n) is 4.04. The van der Waals surface area contributed by atoms with Crippen molar-refractivity contribution in [3.8, 4) is 0 Å². The molecule has 26 heavy (non-hydrogen) atoms. The molecule has 1 N–H and O–H groups in total. The van der Waals surface area contributed by atoms with Gasteiger partial charge in [0.05, 0.1) is 23.9 Å². The number of aryl methyl sites for hydroxylation is 1. The SMILES string of the molecule is COC(=O)c1ccc2c(c1)nc(Nc1ccc(Cl)cc1)n1cc(C)nc21. The number of benzene rings is 2. The van der Waals surface area contributed by atoms with Gasteiger partial charge in [-0.2, -0.15) is 0 Å². The monoisotopic (exact) mass is 366 g/mol. The van der Waals surface area contributed by atoms with Gasteiger partial charge in [0.1, 0.15) is 5.65 Å². The summed E-state index contributed by atoms with van der Waals surface area (Å²) in [5.74, 6) is 0.192. The molecule has 0 saturated heterocycles. The largest absolute Gasteiger partial charge is 0.465 e. The van der Waals surface area contributed by atoms with Crippen LogP contribution in [0.25, 0.3) is 16.6 Å². The van der Waals surface area contributed by atoms with Crippen LogP contribution in [-0.4, -0.2) is 27.4 Å². The van der Waals surface area contributed by atoms with E-state index in [1.165, 1.54) is 7.11 Å². The summed E-state index contributed by atoms with van der Waals surface area (Å²) >= 11 is 5.95. The van der Waals surface area contributed by atoms with Gasteiger partial charge in [0.15, 0.2) is 0 Å². The second-order valence-corrected chi connectivity index (χ2v) is 6.30. The zero-order valence-corrected chi connectivity index (χ0v) is 14.9. The number of fused-ring (bicyclic) bond motifs is 3. The van der Waals surface area contributed by atoms with Crippen molar-refractivity contribution in [1.29, 1.82) is 0 Å². The van der Waals surface area contributed by atoms with Crippen molar-refractivity contribution in [2.45, 2.75) is 6.92 Å². The third kappa shape index (κ3) is 2.84. The molecule has 130 valence electrons. The maximum atomic E-state index is 11.8. The van der Waals surface area contributed by atoms with E-state index in [4.69, 9.17) is 16.3 Å². The van der Waals surface area contributed by atoms with E-state index in [0.29, 0.717) is 22.1 Å². The predicted octanol–water partition coefficient (Wildman–Crippen LogP) is 4.37. The number of hydrogen-bond acceptors (Lipinski definition) is 5.